The third-order valence-corrected chi connectivity index (χ3v) is 4.52. The number of nitrogens with two attached hydrogens (primary N) is 1. The minimum Gasteiger partial charge on any atom is -0.321 e. The van der Waals surface area contributed by atoms with Crippen LogP contribution in [0.5, 0.6) is 0 Å². The van der Waals surface area contributed by atoms with Crippen molar-refractivity contribution < 1.29 is 0 Å². The van der Waals surface area contributed by atoms with E-state index in [0.29, 0.717) is 0 Å². The van der Waals surface area contributed by atoms with Gasteiger partial charge in [0.05, 0.1) is 0 Å². The average molecular weight is 230 g/mol. The highest BCUT2D eigenvalue weighted by Gasteiger charge is 2.31. The highest BCUT2D eigenvalue weighted by molar-refractivity contribution is 5.32. The van der Waals surface area contributed by atoms with Gasteiger partial charge >= 0.3 is 0 Å². The highest BCUT2D eigenvalue weighted by atomic mass is 15.2. The Morgan fingerprint density at radius 3 is 2.24 bits per heavy atom. The Morgan fingerprint density at radius 1 is 1.12 bits per heavy atom. The van der Waals surface area contributed by atoms with E-state index in [2.05, 4.69) is 36.2 Å². The number of rotatable bonds is 2. The van der Waals surface area contributed by atoms with Crippen LogP contribution in [0.4, 0.5) is 0 Å². The largest absolute Gasteiger partial charge is 0.321 e. The Labute approximate surface area is 104 Å². The maximum Gasteiger partial charge on any atom is 0.0409 e. The molecule has 0 aromatic heterocycles. The van der Waals surface area contributed by atoms with Gasteiger partial charge in [0.1, 0.15) is 0 Å². The molecule has 0 amide bonds. The van der Waals surface area contributed by atoms with Gasteiger partial charge < -0.3 is 10.6 Å². The predicted molar refractivity (Wildman–Crippen MR) is 71.0 cm³/mol. The first-order valence-corrected chi connectivity index (χ1v) is 6.75. The first-order chi connectivity index (χ1) is 8.17. The summed E-state index contributed by atoms with van der Waals surface area (Å²) in [5, 5.41) is 0. The Morgan fingerprint density at radius 2 is 1.71 bits per heavy atom. The molecule has 1 saturated carbocycles. The molecule has 2 N–H and O–H groups in total. The van der Waals surface area contributed by atoms with Crippen LogP contribution in [0, 0.1) is 0 Å². The molecule has 0 spiro atoms. The van der Waals surface area contributed by atoms with E-state index in [-0.39, 0.29) is 5.54 Å². The van der Waals surface area contributed by atoms with E-state index in [0.717, 1.165) is 18.8 Å². The lowest BCUT2D eigenvalue weighted by molar-refractivity contribution is 0.189. The molecular weight excluding hydrogens is 208 g/mol. The lowest BCUT2D eigenvalue weighted by atomic mass is 9.86. The second-order valence-electron chi connectivity index (χ2n) is 5.90. The summed E-state index contributed by atoms with van der Waals surface area (Å²) in [6, 6.07) is 9.11. The maximum absolute atomic E-state index is 6.47. The van der Waals surface area contributed by atoms with E-state index in [9.17, 15) is 0 Å². The Balaban J connectivity index is 1.76. The van der Waals surface area contributed by atoms with Gasteiger partial charge in [0.15, 0.2) is 0 Å². The van der Waals surface area contributed by atoms with Gasteiger partial charge in [-0.25, -0.2) is 0 Å². The summed E-state index contributed by atoms with van der Waals surface area (Å²) in [4.78, 5) is 2.36. The van der Waals surface area contributed by atoms with E-state index < -0.39 is 0 Å². The molecule has 2 nitrogen and oxygen atoms in total. The second kappa shape index (κ2) is 4.11. The lowest BCUT2D eigenvalue weighted by Crippen LogP contribution is -2.41. The minimum atomic E-state index is -0.0328. The van der Waals surface area contributed by atoms with Crippen molar-refractivity contribution in [1.29, 1.82) is 0 Å². The standard InChI is InChI=1S/C15H22N2/c1-17-10-13(11-17)12-4-6-14(7-5-12)15(16)8-2-3-9-15/h4-7,13H,2-3,8-11,16H2,1H3. The fourth-order valence-electron chi connectivity index (χ4n) is 3.29. The molecule has 1 aromatic rings. The summed E-state index contributed by atoms with van der Waals surface area (Å²) < 4.78 is 0. The second-order valence-corrected chi connectivity index (χ2v) is 5.90. The molecule has 1 aromatic carbocycles. The Bertz CT molecular complexity index is 384. The Kier molecular flexibility index (Phi) is 2.72. The average Bonchev–Trinajstić information content (AvgIpc) is 2.74. The zero-order valence-electron chi connectivity index (χ0n) is 10.7. The SMILES string of the molecule is CN1CC(c2ccc(C3(N)CCCC3)cc2)C1. The van der Waals surface area contributed by atoms with Gasteiger partial charge in [-0.1, -0.05) is 37.1 Å². The zero-order chi connectivity index (χ0) is 11.9. The number of likely N-dealkylation sites (tertiary alicyclic amines) is 1. The molecule has 92 valence electrons. The third-order valence-electron chi connectivity index (χ3n) is 4.52. The summed E-state index contributed by atoms with van der Waals surface area (Å²) >= 11 is 0. The molecule has 2 heteroatoms. The number of benzene rings is 1. The summed E-state index contributed by atoms with van der Waals surface area (Å²) in [6.45, 7) is 2.40. The molecular formula is C15H22N2. The molecule has 1 aliphatic carbocycles. The van der Waals surface area contributed by atoms with Crippen molar-refractivity contribution >= 4 is 0 Å². The summed E-state index contributed by atoms with van der Waals surface area (Å²) in [7, 11) is 2.18. The molecule has 2 fully saturated rings. The number of nitrogens with zero attached hydrogens (tertiary/aromatic N) is 1. The van der Waals surface area contributed by atoms with Crippen molar-refractivity contribution in [3.05, 3.63) is 35.4 Å². The summed E-state index contributed by atoms with van der Waals surface area (Å²) in [6.07, 6.45) is 4.87. The van der Waals surface area contributed by atoms with Crippen molar-refractivity contribution in [2.75, 3.05) is 20.1 Å². The molecule has 0 atom stereocenters. The monoisotopic (exact) mass is 230 g/mol. The van der Waals surface area contributed by atoms with E-state index >= 15 is 0 Å². The third kappa shape index (κ3) is 2.00. The van der Waals surface area contributed by atoms with Crippen molar-refractivity contribution in [2.24, 2.45) is 5.73 Å². The lowest BCUT2D eigenvalue weighted by Gasteiger charge is -2.36. The molecule has 0 radical (unpaired) electrons. The molecule has 0 bridgehead atoms. The minimum absolute atomic E-state index is 0.0328. The van der Waals surface area contributed by atoms with Crippen molar-refractivity contribution in [3.8, 4) is 0 Å². The van der Waals surface area contributed by atoms with Gasteiger partial charge in [-0.15, -0.1) is 0 Å². The molecule has 1 heterocycles. The van der Waals surface area contributed by atoms with Crippen LogP contribution in [-0.2, 0) is 5.54 Å². The van der Waals surface area contributed by atoms with Gasteiger partial charge in [0, 0.05) is 24.5 Å². The normalized spacial score (nSPS) is 24.8. The van der Waals surface area contributed by atoms with Crippen LogP contribution in [0.3, 0.4) is 0 Å². The predicted octanol–water partition coefficient (Wildman–Crippen LogP) is 2.44. The van der Waals surface area contributed by atoms with E-state index in [1.165, 1.54) is 37.1 Å². The first kappa shape index (κ1) is 11.2. The number of likely N-dealkylation sites (N-methyl/N-ethyl adjacent to an activating group) is 1. The van der Waals surface area contributed by atoms with Gasteiger partial charge in [-0.3, -0.25) is 0 Å². The van der Waals surface area contributed by atoms with Gasteiger partial charge in [-0.2, -0.15) is 0 Å². The van der Waals surface area contributed by atoms with Crippen molar-refractivity contribution in [2.45, 2.75) is 37.1 Å². The molecule has 17 heavy (non-hydrogen) atoms. The molecule has 0 unspecified atom stereocenters. The van der Waals surface area contributed by atoms with Crippen molar-refractivity contribution in [3.63, 3.8) is 0 Å². The quantitative estimate of drug-likeness (QED) is 0.845. The van der Waals surface area contributed by atoms with Crippen molar-refractivity contribution in [1.82, 2.24) is 4.90 Å². The fraction of sp³-hybridized carbons (Fsp3) is 0.600. The van der Waals surface area contributed by atoms with E-state index in [1.807, 2.05) is 0 Å². The zero-order valence-corrected chi connectivity index (χ0v) is 10.7. The first-order valence-electron chi connectivity index (χ1n) is 6.75. The summed E-state index contributed by atoms with van der Waals surface area (Å²) in [5.74, 6) is 0.742. The Hall–Kier alpha value is -0.860. The van der Waals surface area contributed by atoms with E-state index in [1.54, 1.807) is 0 Å². The van der Waals surface area contributed by atoms with Crippen LogP contribution >= 0.6 is 0 Å². The van der Waals surface area contributed by atoms with Crippen LogP contribution in [0.25, 0.3) is 0 Å². The smallest absolute Gasteiger partial charge is 0.0409 e. The fourth-order valence-corrected chi connectivity index (χ4v) is 3.29. The number of hydrogen-bond acceptors (Lipinski definition) is 2. The van der Waals surface area contributed by atoms with Crippen LogP contribution in [-0.4, -0.2) is 25.0 Å². The van der Waals surface area contributed by atoms with Crippen LogP contribution in [0.1, 0.15) is 42.7 Å². The molecule has 1 saturated heterocycles. The number of hydrogen-bond donors (Lipinski definition) is 1. The molecule has 1 aliphatic heterocycles. The van der Waals surface area contributed by atoms with Gasteiger partial charge in [0.2, 0.25) is 0 Å². The van der Waals surface area contributed by atoms with E-state index in [4.69, 9.17) is 5.73 Å². The van der Waals surface area contributed by atoms with Gasteiger partial charge in [0.25, 0.3) is 0 Å². The molecule has 3 rings (SSSR count). The van der Waals surface area contributed by atoms with Gasteiger partial charge in [-0.05, 0) is 31.0 Å². The highest BCUT2D eigenvalue weighted by Crippen LogP contribution is 2.37. The topological polar surface area (TPSA) is 29.3 Å². The van der Waals surface area contributed by atoms with Crippen LogP contribution < -0.4 is 5.73 Å². The molecule has 2 aliphatic rings. The van der Waals surface area contributed by atoms with Crippen LogP contribution in [0.2, 0.25) is 0 Å². The summed E-state index contributed by atoms with van der Waals surface area (Å²) in [5.41, 5.74) is 9.25. The van der Waals surface area contributed by atoms with Crippen LogP contribution in [0.15, 0.2) is 24.3 Å². The maximum atomic E-state index is 6.47.